The van der Waals surface area contributed by atoms with Crippen LogP contribution in [0.5, 0.6) is 0 Å². The highest BCUT2D eigenvalue weighted by Crippen LogP contribution is 2.38. The number of hydrogen-bond acceptors (Lipinski definition) is 6. The third-order valence-electron chi connectivity index (χ3n) is 14.0. The van der Waals surface area contributed by atoms with Crippen molar-refractivity contribution < 1.29 is 32.9 Å². The van der Waals surface area contributed by atoms with E-state index in [9.17, 15) is 19.4 Å². The number of carbonyl (C=O) groups is 1. The molecule has 0 fully saturated rings. The van der Waals surface area contributed by atoms with Gasteiger partial charge in [-0.25, -0.2) is 0 Å². The van der Waals surface area contributed by atoms with E-state index >= 15 is 0 Å². The number of nitrogens with one attached hydrogen (secondary N) is 1. The number of allylic oxidation sites excluding steroid dienone is 7. The fraction of sp³-hybridized carbons (Fsp3) is 0.857. The molecule has 2 N–H and O–H groups in total. The average Bonchev–Trinajstić information content (AvgIpc) is 3.34. The summed E-state index contributed by atoms with van der Waals surface area (Å²) in [7, 11) is 1.26. The molecule has 8 nitrogen and oxygen atoms in total. The number of aliphatic hydroxyl groups excluding tert-OH is 1. The van der Waals surface area contributed by atoms with Gasteiger partial charge in [0.05, 0.1) is 39.9 Å². The Morgan fingerprint density at radius 3 is 1.17 bits per heavy atom. The lowest BCUT2D eigenvalue weighted by atomic mass is 10.0. The van der Waals surface area contributed by atoms with Crippen molar-refractivity contribution in [3.05, 3.63) is 48.6 Å². The summed E-state index contributed by atoms with van der Waals surface area (Å²) in [6.07, 6.45) is 71.9. The third kappa shape index (κ3) is 56.2. The summed E-state index contributed by atoms with van der Waals surface area (Å²) in [6.45, 7) is 4.67. The van der Waals surface area contributed by atoms with E-state index < -0.39 is 20.0 Å². The number of unbranched alkanes of at least 4 members (excludes halogenated alkanes) is 38. The quantitative estimate of drug-likeness (QED) is 0.0272. The first-order valence-electron chi connectivity index (χ1n) is 31.0. The standard InChI is InChI=1S/C63H121N2O6P/c1-6-8-10-12-14-16-18-20-22-24-26-28-30-32-34-36-38-40-42-44-46-48-50-52-54-56-62(66)61(60-71-72(68,69)70-59-58-65(3,4)5)64-63(67)57-55-53-51-49-47-45-43-41-39-37-35-33-31-29-27-25-23-21-19-17-15-13-11-9-7-2/h19,21,25,27,31,33,54,56,61-62,66H,6-18,20,22-24,26,28-30,32,34-53,55,57-60H2,1-5H3,(H-,64,67,68,69)/b21-19-,27-25-,33-31-,56-54+. The first kappa shape index (κ1) is 70.5. The Labute approximate surface area is 448 Å². The number of aliphatic hydroxyl groups is 1. The highest BCUT2D eigenvalue weighted by Gasteiger charge is 2.23. The van der Waals surface area contributed by atoms with Gasteiger partial charge in [0.15, 0.2) is 0 Å². The van der Waals surface area contributed by atoms with Crippen molar-refractivity contribution >= 4 is 13.7 Å². The van der Waals surface area contributed by atoms with Gasteiger partial charge in [-0.2, -0.15) is 0 Å². The number of rotatable bonds is 57. The van der Waals surface area contributed by atoms with Crippen LogP contribution in [0.1, 0.15) is 296 Å². The smallest absolute Gasteiger partial charge is 0.268 e. The van der Waals surface area contributed by atoms with Gasteiger partial charge in [-0.05, 0) is 57.8 Å². The highest BCUT2D eigenvalue weighted by molar-refractivity contribution is 7.45. The Hall–Kier alpha value is -1.54. The van der Waals surface area contributed by atoms with Gasteiger partial charge in [-0.3, -0.25) is 9.36 Å². The lowest BCUT2D eigenvalue weighted by Gasteiger charge is -2.29. The highest BCUT2D eigenvalue weighted by atomic mass is 31.2. The first-order chi connectivity index (χ1) is 35.0. The number of likely N-dealkylation sites (N-methyl/N-ethyl adjacent to an activating group) is 1. The van der Waals surface area contributed by atoms with Crippen LogP contribution < -0.4 is 10.2 Å². The fourth-order valence-electron chi connectivity index (χ4n) is 9.16. The van der Waals surface area contributed by atoms with Gasteiger partial charge in [0.1, 0.15) is 13.2 Å². The van der Waals surface area contributed by atoms with Crippen LogP contribution in [0.25, 0.3) is 0 Å². The molecule has 0 aliphatic heterocycles. The number of quaternary nitrogens is 1. The topological polar surface area (TPSA) is 108 Å². The summed E-state index contributed by atoms with van der Waals surface area (Å²) in [5.74, 6) is -0.199. The molecule has 0 saturated heterocycles. The van der Waals surface area contributed by atoms with Crippen LogP contribution in [0.2, 0.25) is 0 Å². The van der Waals surface area contributed by atoms with E-state index in [0.29, 0.717) is 17.4 Å². The summed E-state index contributed by atoms with van der Waals surface area (Å²) in [6, 6.07) is -0.891. The zero-order chi connectivity index (χ0) is 52.7. The van der Waals surface area contributed by atoms with E-state index in [-0.39, 0.29) is 19.1 Å². The summed E-state index contributed by atoms with van der Waals surface area (Å²) < 4.78 is 23.4. The first-order valence-corrected chi connectivity index (χ1v) is 32.5. The van der Waals surface area contributed by atoms with Crippen molar-refractivity contribution in [3.8, 4) is 0 Å². The molecule has 0 spiro atoms. The molecule has 0 heterocycles. The summed E-state index contributed by atoms with van der Waals surface area (Å²) in [5, 5.41) is 13.9. The summed E-state index contributed by atoms with van der Waals surface area (Å²) >= 11 is 0. The molecule has 0 aromatic carbocycles. The van der Waals surface area contributed by atoms with Crippen molar-refractivity contribution in [1.82, 2.24) is 5.32 Å². The largest absolute Gasteiger partial charge is 0.756 e. The Balaban J connectivity index is 4.18. The number of nitrogens with zero attached hydrogens (tertiary/aromatic N) is 1. The molecule has 0 saturated carbocycles. The molecule has 72 heavy (non-hydrogen) atoms. The zero-order valence-corrected chi connectivity index (χ0v) is 49.3. The van der Waals surface area contributed by atoms with Crippen LogP contribution in [-0.2, 0) is 18.4 Å². The Kier molecular flexibility index (Phi) is 53.1. The van der Waals surface area contributed by atoms with E-state index in [1.54, 1.807) is 6.08 Å². The molecule has 0 aliphatic rings. The predicted molar refractivity (Wildman–Crippen MR) is 311 cm³/mol. The van der Waals surface area contributed by atoms with Crippen molar-refractivity contribution in [2.45, 2.75) is 309 Å². The molecular formula is C63H121N2O6P. The molecule has 0 radical (unpaired) electrons. The van der Waals surface area contributed by atoms with Crippen LogP contribution >= 0.6 is 7.82 Å². The van der Waals surface area contributed by atoms with E-state index in [0.717, 1.165) is 51.4 Å². The molecule has 424 valence electrons. The minimum Gasteiger partial charge on any atom is -0.756 e. The van der Waals surface area contributed by atoms with E-state index in [2.05, 4.69) is 55.6 Å². The molecule has 1 amide bonds. The van der Waals surface area contributed by atoms with Gasteiger partial charge in [0.25, 0.3) is 7.82 Å². The summed E-state index contributed by atoms with van der Waals surface area (Å²) in [4.78, 5) is 25.6. The fourth-order valence-corrected chi connectivity index (χ4v) is 9.89. The second-order valence-electron chi connectivity index (χ2n) is 22.4. The second kappa shape index (κ2) is 54.3. The molecule has 9 heteroatoms. The minimum absolute atomic E-state index is 0.00227. The van der Waals surface area contributed by atoms with Crippen LogP contribution in [0, 0.1) is 0 Å². The third-order valence-corrected chi connectivity index (χ3v) is 15.0. The number of phosphoric acid groups is 1. The molecule has 0 bridgehead atoms. The minimum atomic E-state index is -4.60. The molecule has 0 aromatic heterocycles. The average molecular weight is 1030 g/mol. The zero-order valence-electron chi connectivity index (χ0n) is 48.4. The Bertz CT molecular complexity index is 1310. The van der Waals surface area contributed by atoms with Gasteiger partial charge < -0.3 is 28.8 Å². The van der Waals surface area contributed by atoms with Gasteiger partial charge in [-0.15, -0.1) is 0 Å². The number of carbonyl (C=O) groups excluding carboxylic acids is 1. The molecule has 0 aromatic rings. The molecular weight excluding hydrogens is 912 g/mol. The van der Waals surface area contributed by atoms with E-state index in [1.165, 1.54) is 225 Å². The van der Waals surface area contributed by atoms with Crippen LogP contribution in [0.4, 0.5) is 0 Å². The van der Waals surface area contributed by atoms with Gasteiger partial charge in [0.2, 0.25) is 5.91 Å². The maximum Gasteiger partial charge on any atom is 0.268 e. The predicted octanol–water partition coefficient (Wildman–Crippen LogP) is 18.5. The van der Waals surface area contributed by atoms with Gasteiger partial charge >= 0.3 is 0 Å². The van der Waals surface area contributed by atoms with E-state index in [4.69, 9.17) is 9.05 Å². The van der Waals surface area contributed by atoms with Crippen LogP contribution in [0.15, 0.2) is 48.6 Å². The Morgan fingerprint density at radius 1 is 0.486 bits per heavy atom. The van der Waals surface area contributed by atoms with Crippen molar-refractivity contribution in [3.63, 3.8) is 0 Å². The molecule has 0 aliphatic carbocycles. The number of hydrogen-bond donors (Lipinski definition) is 2. The lowest BCUT2D eigenvalue weighted by molar-refractivity contribution is -0.870. The maximum absolute atomic E-state index is 13.0. The number of amides is 1. The van der Waals surface area contributed by atoms with Gasteiger partial charge in [0, 0.05) is 6.42 Å². The van der Waals surface area contributed by atoms with Crippen molar-refractivity contribution in [2.75, 3.05) is 40.9 Å². The lowest BCUT2D eigenvalue weighted by Crippen LogP contribution is -2.45. The molecule has 3 unspecified atom stereocenters. The number of phosphoric ester groups is 1. The second-order valence-corrected chi connectivity index (χ2v) is 23.8. The van der Waals surface area contributed by atoms with Crippen LogP contribution in [0.3, 0.4) is 0 Å². The van der Waals surface area contributed by atoms with Crippen molar-refractivity contribution in [2.24, 2.45) is 0 Å². The monoisotopic (exact) mass is 1030 g/mol. The summed E-state index contributed by atoms with van der Waals surface area (Å²) in [5.41, 5.74) is 0. The SMILES string of the molecule is CCCCCCC/C=C\C/C=C\C/C=C\CCCCCCCCCCCCC(=O)NC(COP(=O)([O-])OCC[N+](C)(C)C)C(O)/C=C/CCCCCCCCCCCCCCCCCCCCCCCCC. The van der Waals surface area contributed by atoms with Crippen LogP contribution in [-0.4, -0.2) is 68.5 Å². The Morgan fingerprint density at radius 2 is 0.806 bits per heavy atom. The molecule has 0 rings (SSSR count). The van der Waals surface area contributed by atoms with Crippen molar-refractivity contribution in [1.29, 1.82) is 0 Å². The van der Waals surface area contributed by atoms with Gasteiger partial charge in [-0.1, -0.05) is 281 Å². The van der Waals surface area contributed by atoms with E-state index in [1.807, 2.05) is 27.2 Å². The normalized spacial score (nSPS) is 14.2. The maximum atomic E-state index is 13.0. The molecule has 3 atom stereocenters.